The first kappa shape index (κ1) is 26.8. The minimum atomic E-state index is -1.43. The number of nitrogens with two attached hydrogens (primary N) is 1. The Morgan fingerprint density at radius 1 is 1.32 bits per heavy atom. The van der Waals surface area contributed by atoms with Gasteiger partial charge in [-0.2, -0.15) is 0 Å². The van der Waals surface area contributed by atoms with Gasteiger partial charge in [-0.15, -0.1) is 0 Å². The molecular formula is C27H36FN5O4. The van der Waals surface area contributed by atoms with Gasteiger partial charge in [0.2, 0.25) is 6.29 Å². The first-order valence-corrected chi connectivity index (χ1v) is 12.6. The molecule has 1 amide bonds. The number of alkyl halides is 1. The summed E-state index contributed by atoms with van der Waals surface area (Å²) in [5.41, 5.74) is 7.45. The molecule has 2 aromatic heterocycles. The minimum Gasteiger partial charge on any atom is -0.419 e. The van der Waals surface area contributed by atoms with Crippen LogP contribution in [0.15, 0.2) is 47.1 Å². The SMILES string of the molecule is Cc1cc(Cn2cc(-c3ccccc3)nc2[C@H](N(C[C@@H](F)CN)C(=O)O[C@H]2CCCO2)C(C)(C)C)no1. The summed E-state index contributed by atoms with van der Waals surface area (Å²) >= 11 is 0. The highest BCUT2D eigenvalue weighted by Gasteiger charge is 2.41. The highest BCUT2D eigenvalue weighted by Crippen LogP contribution is 2.40. The number of halogens is 1. The Bertz CT molecular complexity index is 1170. The number of rotatable bonds is 9. The van der Waals surface area contributed by atoms with Gasteiger partial charge in [0.15, 0.2) is 0 Å². The molecule has 3 aromatic rings. The summed E-state index contributed by atoms with van der Waals surface area (Å²) in [4.78, 5) is 19.9. The number of imidazole rings is 1. The lowest BCUT2D eigenvalue weighted by Gasteiger charge is -2.40. The highest BCUT2D eigenvalue weighted by molar-refractivity contribution is 5.69. The van der Waals surface area contributed by atoms with Gasteiger partial charge < -0.3 is 24.3 Å². The number of carbonyl (C=O) groups is 1. The summed E-state index contributed by atoms with van der Waals surface area (Å²) in [6.45, 7) is 8.23. The Labute approximate surface area is 216 Å². The van der Waals surface area contributed by atoms with Crippen molar-refractivity contribution < 1.29 is 23.2 Å². The molecule has 1 aromatic carbocycles. The summed E-state index contributed by atoms with van der Waals surface area (Å²) in [7, 11) is 0. The number of hydrogen-bond donors (Lipinski definition) is 1. The molecule has 3 heterocycles. The maximum atomic E-state index is 14.8. The van der Waals surface area contributed by atoms with E-state index >= 15 is 0 Å². The zero-order valence-corrected chi connectivity index (χ0v) is 21.9. The second kappa shape index (κ2) is 11.4. The molecule has 37 heavy (non-hydrogen) atoms. The third kappa shape index (κ3) is 6.56. The van der Waals surface area contributed by atoms with Gasteiger partial charge in [0.05, 0.1) is 31.4 Å². The zero-order valence-electron chi connectivity index (χ0n) is 21.9. The molecule has 1 fully saturated rings. The van der Waals surface area contributed by atoms with Crippen LogP contribution in [0.25, 0.3) is 11.3 Å². The maximum Gasteiger partial charge on any atom is 0.412 e. The van der Waals surface area contributed by atoms with Gasteiger partial charge in [-0.05, 0) is 18.8 Å². The smallest absolute Gasteiger partial charge is 0.412 e. The summed E-state index contributed by atoms with van der Waals surface area (Å²) < 4.78 is 33.2. The van der Waals surface area contributed by atoms with Gasteiger partial charge in [-0.1, -0.05) is 56.3 Å². The average Bonchev–Trinajstić information content (AvgIpc) is 3.61. The van der Waals surface area contributed by atoms with Crippen molar-refractivity contribution in [2.45, 2.75) is 65.6 Å². The number of ether oxygens (including phenoxy) is 2. The van der Waals surface area contributed by atoms with Gasteiger partial charge in [0.25, 0.3) is 0 Å². The van der Waals surface area contributed by atoms with Crippen molar-refractivity contribution in [1.82, 2.24) is 19.6 Å². The molecule has 10 heteroatoms. The van der Waals surface area contributed by atoms with Crippen LogP contribution in [0.4, 0.5) is 9.18 Å². The van der Waals surface area contributed by atoms with E-state index in [4.69, 9.17) is 24.7 Å². The molecule has 0 unspecified atom stereocenters. The van der Waals surface area contributed by atoms with Crippen LogP contribution in [0, 0.1) is 12.3 Å². The molecule has 200 valence electrons. The molecule has 2 N–H and O–H groups in total. The predicted octanol–water partition coefficient (Wildman–Crippen LogP) is 4.85. The van der Waals surface area contributed by atoms with Crippen LogP contribution in [0.5, 0.6) is 0 Å². The van der Waals surface area contributed by atoms with E-state index in [1.54, 1.807) is 0 Å². The largest absolute Gasteiger partial charge is 0.419 e. The van der Waals surface area contributed by atoms with Crippen molar-refractivity contribution in [3.63, 3.8) is 0 Å². The number of carbonyl (C=O) groups excluding carboxylic acids is 1. The fourth-order valence-corrected chi connectivity index (χ4v) is 4.58. The van der Waals surface area contributed by atoms with Crippen LogP contribution in [-0.2, 0) is 16.0 Å². The van der Waals surface area contributed by atoms with Crippen molar-refractivity contribution in [1.29, 1.82) is 0 Å². The quantitative estimate of drug-likeness (QED) is 0.435. The molecule has 0 radical (unpaired) electrons. The lowest BCUT2D eigenvalue weighted by Crippen LogP contribution is -2.47. The van der Waals surface area contributed by atoms with Crippen LogP contribution < -0.4 is 5.73 Å². The van der Waals surface area contributed by atoms with Crippen molar-refractivity contribution in [2.24, 2.45) is 11.1 Å². The Kier molecular flexibility index (Phi) is 8.29. The summed E-state index contributed by atoms with van der Waals surface area (Å²) in [5.74, 6) is 1.28. The van der Waals surface area contributed by atoms with E-state index < -0.39 is 30.0 Å². The highest BCUT2D eigenvalue weighted by atomic mass is 19.1. The molecule has 1 aliphatic rings. The number of amides is 1. The Morgan fingerprint density at radius 2 is 2.08 bits per heavy atom. The molecule has 0 aliphatic carbocycles. The van der Waals surface area contributed by atoms with E-state index in [0.29, 0.717) is 36.9 Å². The summed E-state index contributed by atoms with van der Waals surface area (Å²) in [6.07, 6.45) is 0.593. The van der Waals surface area contributed by atoms with Crippen molar-refractivity contribution in [3.8, 4) is 11.3 Å². The van der Waals surface area contributed by atoms with Crippen molar-refractivity contribution in [2.75, 3.05) is 19.7 Å². The van der Waals surface area contributed by atoms with Crippen LogP contribution >= 0.6 is 0 Å². The van der Waals surface area contributed by atoms with E-state index in [2.05, 4.69) is 5.16 Å². The standard InChI is InChI=1S/C27H36FN5O4/c1-18-13-21(31-37-18)16-32-17-22(19-9-6-5-7-10-19)30-25(32)24(27(2,3)4)33(15-20(28)14-29)26(34)36-23-11-8-12-35-23/h5-7,9-10,13,17,20,23-24H,8,11-12,14-16,29H2,1-4H3/t20-,23-,24-/m0/s1. The van der Waals surface area contributed by atoms with Crippen LogP contribution in [0.3, 0.4) is 0 Å². The molecule has 4 rings (SSSR count). The predicted molar refractivity (Wildman–Crippen MR) is 136 cm³/mol. The van der Waals surface area contributed by atoms with Gasteiger partial charge in [-0.25, -0.2) is 14.2 Å². The Morgan fingerprint density at radius 3 is 2.68 bits per heavy atom. The fraction of sp³-hybridized carbons (Fsp3) is 0.519. The van der Waals surface area contributed by atoms with Gasteiger partial charge in [-0.3, -0.25) is 4.90 Å². The van der Waals surface area contributed by atoms with Crippen LogP contribution in [-0.4, -0.2) is 57.9 Å². The monoisotopic (exact) mass is 513 g/mol. The Hall–Kier alpha value is -3.24. The lowest BCUT2D eigenvalue weighted by atomic mass is 9.84. The Balaban J connectivity index is 1.79. The molecule has 1 saturated heterocycles. The molecule has 1 aliphatic heterocycles. The summed E-state index contributed by atoms with van der Waals surface area (Å²) in [6, 6.07) is 11.0. The van der Waals surface area contributed by atoms with Gasteiger partial charge >= 0.3 is 6.09 Å². The van der Waals surface area contributed by atoms with Crippen LogP contribution in [0.2, 0.25) is 0 Å². The first-order valence-electron chi connectivity index (χ1n) is 12.6. The molecule has 3 atom stereocenters. The number of hydrogen-bond acceptors (Lipinski definition) is 7. The number of nitrogens with zero attached hydrogens (tertiary/aromatic N) is 4. The second-order valence-electron chi connectivity index (χ2n) is 10.5. The average molecular weight is 514 g/mol. The van der Waals surface area contributed by atoms with E-state index in [0.717, 1.165) is 17.7 Å². The van der Waals surface area contributed by atoms with Gasteiger partial charge in [0.1, 0.15) is 23.5 Å². The van der Waals surface area contributed by atoms with E-state index in [1.165, 1.54) is 4.90 Å². The van der Waals surface area contributed by atoms with Crippen LogP contribution in [0.1, 0.15) is 56.9 Å². The van der Waals surface area contributed by atoms with E-state index in [-0.39, 0.29) is 13.1 Å². The molecule has 0 saturated carbocycles. The number of aromatic nitrogens is 3. The van der Waals surface area contributed by atoms with E-state index in [9.17, 15) is 9.18 Å². The first-order chi connectivity index (χ1) is 17.7. The normalized spacial score (nSPS) is 17.5. The third-order valence-electron chi connectivity index (χ3n) is 6.27. The van der Waals surface area contributed by atoms with Crippen molar-refractivity contribution >= 4 is 6.09 Å². The molecular weight excluding hydrogens is 477 g/mol. The summed E-state index contributed by atoms with van der Waals surface area (Å²) in [5, 5.41) is 4.14. The lowest BCUT2D eigenvalue weighted by molar-refractivity contribution is -0.0868. The maximum absolute atomic E-state index is 14.8. The molecule has 0 spiro atoms. The molecule has 9 nitrogen and oxygen atoms in total. The molecule has 0 bridgehead atoms. The van der Waals surface area contributed by atoms with Gasteiger partial charge in [0, 0.05) is 30.8 Å². The van der Waals surface area contributed by atoms with Crippen molar-refractivity contribution in [3.05, 3.63) is 59.9 Å². The number of aryl methyl sites for hydroxylation is 1. The number of benzene rings is 1. The third-order valence-corrected chi connectivity index (χ3v) is 6.27. The zero-order chi connectivity index (χ0) is 26.6. The topological polar surface area (TPSA) is 109 Å². The minimum absolute atomic E-state index is 0.220. The van der Waals surface area contributed by atoms with E-state index in [1.807, 2.05) is 74.9 Å². The fourth-order valence-electron chi connectivity index (χ4n) is 4.58. The second-order valence-corrected chi connectivity index (χ2v) is 10.5.